The molecule has 3 nitrogen and oxygen atoms in total. The third-order valence-electron chi connectivity index (χ3n) is 3.41. The van der Waals surface area contributed by atoms with Gasteiger partial charge in [0.15, 0.2) is 0 Å². The Morgan fingerprint density at radius 1 is 1.00 bits per heavy atom. The summed E-state index contributed by atoms with van der Waals surface area (Å²) >= 11 is 0. The van der Waals surface area contributed by atoms with Crippen molar-refractivity contribution >= 4 is 10.9 Å². The van der Waals surface area contributed by atoms with Crippen molar-refractivity contribution in [2.75, 3.05) is 0 Å². The minimum atomic E-state index is -0.457. The minimum absolute atomic E-state index is 0.429. The van der Waals surface area contributed by atoms with Gasteiger partial charge in [0, 0.05) is 5.39 Å². The molecule has 1 atom stereocenters. The lowest BCUT2D eigenvalue weighted by molar-refractivity contribution is 0.199. The molecule has 1 heterocycles. The van der Waals surface area contributed by atoms with Crippen molar-refractivity contribution in [1.82, 2.24) is 4.98 Å². The lowest BCUT2D eigenvalue weighted by Gasteiger charge is -2.08. The van der Waals surface area contributed by atoms with Gasteiger partial charge in [-0.1, -0.05) is 36.4 Å². The maximum atomic E-state index is 9.47. The van der Waals surface area contributed by atoms with Crippen molar-refractivity contribution in [1.29, 1.82) is 0 Å². The number of para-hydroxylation sites is 1. The van der Waals surface area contributed by atoms with E-state index in [9.17, 15) is 5.11 Å². The second-order valence-electron chi connectivity index (χ2n) is 5.03. The zero-order valence-corrected chi connectivity index (χ0v) is 11.9. The zero-order chi connectivity index (χ0) is 14.7. The van der Waals surface area contributed by atoms with Crippen LogP contribution in [0, 0.1) is 0 Å². The number of aromatic nitrogens is 1. The fraction of sp³-hybridized carbons (Fsp3) is 0.167. The minimum Gasteiger partial charge on any atom is -0.487 e. The average Bonchev–Trinajstić information content (AvgIpc) is 2.53. The zero-order valence-electron chi connectivity index (χ0n) is 11.9. The molecule has 2 aromatic carbocycles. The Balaban J connectivity index is 1.71. The van der Waals surface area contributed by atoms with Crippen LogP contribution in [-0.2, 0) is 6.61 Å². The average molecular weight is 279 g/mol. The van der Waals surface area contributed by atoms with Crippen LogP contribution in [0.15, 0.2) is 60.7 Å². The molecule has 0 amide bonds. The number of aliphatic hydroxyl groups excluding tert-OH is 1. The molecule has 106 valence electrons. The molecule has 0 spiro atoms. The molecule has 0 aliphatic heterocycles. The molecule has 0 aliphatic carbocycles. The molecule has 3 rings (SSSR count). The van der Waals surface area contributed by atoms with E-state index in [1.54, 1.807) is 6.92 Å². The van der Waals surface area contributed by atoms with Crippen LogP contribution in [0.2, 0.25) is 0 Å². The van der Waals surface area contributed by atoms with Crippen LogP contribution in [0.4, 0.5) is 0 Å². The van der Waals surface area contributed by atoms with Gasteiger partial charge < -0.3 is 9.84 Å². The quantitative estimate of drug-likeness (QED) is 0.788. The van der Waals surface area contributed by atoms with Crippen molar-refractivity contribution in [3.63, 3.8) is 0 Å². The van der Waals surface area contributed by atoms with Crippen LogP contribution >= 0.6 is 0 Å². The Morgan fingerprint density at radius 3 is 2.52 bits per heavy atom. The number of hydrogen-bond donors (Lipinski definition) is 1. The van der Waals surface area contributed by atoms with Crippen LogP contribution in [-0.4, -0.2) is 10.1 Å². The second-order valence-corrected chi connectivity index (χ2v) is 5.03. The highest BCUT2D eigenvalue weighted by Crippen LogP contribution is 2.18. The number of hydrogen-bond acceptors (Lipinski definition) is 3. The van der Waals surface area contributed by atoms with E-state index >= 15 is 0 Å². The number of fused-ring (bicyclic) bond motifs is 1. The van der Waals surface area contributed by atoms with Crippen molar-refractivity contribution in [2.45, 2.75) is 19.6 Å². The molecule has 0 radical (unpaired) electrons. The fourth-order valence-electron chi connectivity index (χ4n) is 2.19. The Morgan fingerprint density at radius 2 is 1.76 bits per heavy atom. The van der Waals surface area contributed by atoms with Gasteiger partial charge in [-0.3, -0.25) is 0 Å². The maximum Gasteiger partial charge on any atom is 0.130 e. The van der Waals surface area contributed by atoms with Crippen molar-refractivity contribution in [2.24, 2.45) is 0 Å². The van der Waals surface area contributed by atoms with Crippen LogP contribution < -0.4 is 4.74 Å². The lowest BCUT2D eigenvalue weighted by atomic mass is 10.1. The van der Waals surface area contributed by atoms with Gasteiger partial charge in [0.25, 0.3) is 0 Å². The molecule has 0 saturated heterocycles. The van der Waals surface area contributed by atoms with Crippen LogP contribution in [0.1, 0.15) is 24.3 Å². The van der Waals surface area contributed by atoms with E-state index in [1.807, 2.05) is 54.6 Å². The van der Waals surface area contributed by atoms with Crippen molar-refractivity contribution < 1.29 is 9.84 Å². The summed E-state index contributed by atoms with van der Waals surface area (Å²) in [4.78, 5) is 4.57. The molecule has 0 fully saturated rings. The highest BCUT2D eigenvalue weighted by atomic mass is 16.5. The van der Waals surface area contributed by atoms with Crippen molar-refractivity contribution in [3.05, 3.63) is 71.9 Å². The molecular formula is C18H17NO2. The van der Waals surface area contributed by atoms with Gasteiger partial charge in [0.1, 0.15) is 12.4 Å². The molecule has 3 aromatic rings. The SMILES string of the molecule is CC(O)c1ccc(OCc2ccc3ccccc3n2)cc1. The van der Waals surface area contributed by atoms with Crippen LogP contribution in [0.25, 0.3) is 10.9 Å². The third-order valence-corrected chi connectivity index (χ3v) is 3.41. The summed E-state index contributed by atoms with van der Waals surface area (Å²) in [6.07, 6.45) is -0.457. The number of aliphatic hydroxyl groups is 1. The Hall–Kier alpha value is -2.39. The van der Waals surface area contributed by atoms with E-state index in [-0.39, 0.29) is 0 Å². The van der Waals surface area contributed by atoms with Gasteiger partial charge in [-0.05, 0) is 36.8 Å². The van der Waals surface area contributed by atoms with Gasteiger partial charge in [-0.15, -0.1) is 0 Å². The van der Waals surface area contributed by atoms with Gasteiger partial charge in [0.2, 0.25) is 0 Å². The monoisotopic (exact) mass is 279 g/mol. The largest absolute Gasteiger partial charge is 0.487 e. The van der Waals surface area contributed by atoms with Crippen molar-refractivity contribution in [3.8, 4) is 5.75 Å². The van der Waals surface area contributed by atoms with Gasteiger partial charge in [-0.2, -0.15) is 0 Å². The predicted molar refractivity (Wildman–Crippen MR) is 83.2 cm³/mol. The Labute approximate surface area is 123 Å². The molecule has 1 aromatic heterocycles. The number of ether oxygens (including phenoxy) is 1. The first-order chi connectivity index (χ1) is 10.2. The highest BCUT2D eigenvalue weighted by Gasteiger charge is 2.02. The van der Waals surface area contributed by atoms with E-state index in [0.717, 1.165) is 27.9 Å². The molecule has 0 aliphatic rings. The first-order valence-corrected chi connectivity index (χ1v) is 6.98. The van der Waals surface area contributed by atoms with Gasteiger partial charge in [0.05, 0.1) is 17.3 Å². The number of benzene rings is 2. The number of rotatable bonds is 4. The molecular weight excluding hydrogens is 262 g/mol. The smallest absolute Gasteiger partial charge is 0.130 e. The van der Waals surface area contributed by atoms with Crippen LogP contribution in [0.5, 0.6) is 5.75 Å². The lowest BCUT2D eigenvalue weighted by Crippen LogP contribution is -1.99. The summed E-state index contributed by atoms with van der Waals surface area (Å²) < 4.78 is 5.73. The first-order valence-electron chi connectivity index (χ1n) is 6.98. The number of nitrogens with zero attached hydrogens (tertiary/aromatic N) is 1. The highest BCUT2D eigenvalue weighted by molar-refractivity contribution is 5.78. The van der Waals surface area contributed by atoms with E-state index in [2.05, 4.69) is 11.1 Å². The topological polar surface area (TPSA) is 42.4 Å². The standard InChI is InChI=1S/C18H17NO2/c1-13(20)14-7-10-17(11-8-14)21-12-16-9-6-15-4-2-3-5-18(15)19-16/h2-11,13,20H,12H2,1H3. The molecule has 0 saturated carbocycles. The van der Waals surface area contributed by atoms with E-state index in [0.29, 0.717) is 6.61 Å². The molecule has 1 N–H and O–H groups in total. The molecule has 21 heavy (non-hydrogen) atoms. The summed E-state index contributed by atoms with van der Waals surface area (Å²) in [6, 6.07) is 19.5. The third kappa shape index (κ3) is 3.20. The summed E-state index contributed by atoms with van der Waals surface area (Å²) in [5.41, 5.74) is 2.75. The maximum absolute atomic E-state index is 9.47. The number of pyridine rings is 1. The van der Waals surface area contributed by atoms with Gasteiger partial charge in [-0.25, -0.2) is 4.98 Å². The second kappa shape index (κ2) is 5.94. The van der Waals surface area contributed by atoms with E-state index in [1.165, 1.54) is 0 Å². The molecule has 1 unspecified atom stereocenters. The fourth-order valence-corrected chi connectivity index (χ4v) is 2.19. The first kappa shape index (κ1) is 13.6. The van der Waals surface area contributed by atoms with Gasteiger partial charge >= 0.3 is 0 Å². The summed E-state index contributed by atoms with van der Waals surface area (Å²) in [6.45, 7) is 2.17. The summed E-state index contributed by atoms with van der Waals surface area (Å²) in [5.74, 6) is 0.773. The normalized spacial score (nSPS) is 12.3. The summed E-state index contributed by atoms with van der Waals surface area (Å²) in [7, 11) is 0. The molecule has 0 bridgehead atoms. The van der Waals surface area contributed by atoms with Crippen LogP contribution in [0.3, 0.4) is 0 Å². The summed E-state index contributed by atoms with van der Waals surface area (Å²) in [5, 5.41) is 10.6. The van der Waals surface area contributed by atoms with E-state index < -0.39 is 6.10 Å². The Kier molecular flexibility index (Phi) is 3.84. The van der Waals surface area contributed by atoms with E-state index in [4.69, 9.17) is 4.74 Å². The Bertz CT molecular complexity index is 736. The molecule has 3 heteroatoms. The predicted octanol–water partition coefficient (Wildman–Crippen LogP) is 3.87.